The van der Waals surface area contributed by atoms with E-state index in [9.17, 15) is 0 Å². The van der Waals surface area contributed by atoms with Gasteiger partial charge >= 0.3 is 0 Å². The summed E-state index contributed by atoms with van der Waals surface area (Å²) in [6.07, 6.45) is 19.6. The van der Waals surface area contributed by atoms with Gasteiger partial charge in [0, 0.05) is 18.8 Å². The molecule has 1 aromatic carbocycles. The van der Waals surface area contributed by atoms with Crippen LogP contribution < -0.4 is 4.90 Å². The van der Waals surface area contributed by atoms with Crippen molar-refractivity contribution in [3.63, 3.8) is 0 Å². The lowest BCUT2D eigenvalue weighted by Gasteiger charge is -2.25. The molecule has 1 rings (SSSR count). The van der Waals surface area contributed by atoms with Gasteiger partial charge in [0.05, 0.1) is 0 Å². The molecule has 0 aliphatic heterocycles. The maximum absolute atomic E-state index is 2.61. The fourth-order valence-corrected chi connectivity index (χ4v) is 3.53. The Hall–Kier alpha value is -0.980. The molecule has 1 aromatic rings. The first-order valence-corrected chi connectivity index (χ1v) is 11.2. The summed E-state index contributed by atoms with van der Waals surface area (Å²) in [6, 6.07) is 11.0. The lowest BCUT2D eigenvalue weighted by Crippen LogP contribution is -2.25. The zero-order valence-electron chi connectivity index (χ0n) is 17.1. The molecule has 0 N–H and O–H groups in total. The van der Waals surface area contributed by atoms with Gasteiger partial charge in [-0.1, -0.05) is 109 Å². The van der Waals surface area contributed by atoms with Crippen LogP contribution in [-0.4, -0.2) is 13.1 Å². The molecule has 1 heteroatoms. The predicted molar refractivity (Wildman–Crippen MR) is 115 cm³/mol. The van der Waals surface area contributed by atoms with Crippen LogP contribution in [0.15, 0.2) is 30.3 Å². The highest BCUT2D eigenvalue weighted by Gasteiger charge is 2.05. The molecule has 144 valence electrons. The summed E-state index contributed by atoms with van der Waals surface area (Å²) < 4.78 is 0. The molecule has 0 amide bonds. The second kappa shape index (κ2) is 16.5. The predicted octanol–water partition coefficient (Wildman–Crippen LogP) is 7.99. The zero-order chi connectivity index (χ0) is 18.0. The molecular weight excluding hydrogens is 302 g/mol. The molecule has 0 heterocycles. The number of unbranched alkanes of at least 4 members (excludes halogenated alkanes) is 12. The van der Waals surface area contributed by atoms with Crippen LogP contribution in [0.3, 0.4) is 0 Å². The zero-order valence-corrected chi connectivity index (χ0v) is 17.1. The number of hydrogen-bond donors (Lipinski definition) is 0. The van der Waals surface area contributed by atoms with Crippen LogP contribution in [0, 0.1) is 0 Å². The van der Waals surface area contributed by atoms with Crippen molar-refractivity contribution in [2.24, 2.45) is 0 Å². The molecule has 0 aromatic heterocycles. The highest BCUT2D eigenvalue weighted by molar-refractivity contribution is 5.45. The van der Waals surface area contributed by atoms with Gasteiger partial charge in [0.1, 0.15) is 0 Å². The standard InChI is InChI=1S/C24H43N/c1-3-5-7-9-10-11-12-13-14-19-23-25(22-18-8-6-4-2)24-20-16-15-17-21-24/h15-17,20-21H,3-14,18-19,22-23H2,1-2H3. The Morgan fingerprint density at radius 3 is 1.40 bits per heavy atom. The van der Waals surface area contributed by atoms with E-state index in [1.165, 1.54) is 109 Å². The van der Waals surface area contributed by atoms with Gasteiger partial charge in [0.15, 0.2) is 0 Å². The summed E-state index contributed by atoms with van der Waals surface area (Å²) in [4.78, 5) is 2.61. The van der Waals surface area contributed by atoms with Gasteiger partial charge in [0.25, 0.3) is 0 Å². The third-order valence-electron chi connectivity index (χ3n) is 5.18. The molecule has 25 heavy (non-hydrogen) atoms. The average Bonchev–Trinajstić information content (AvgIpc) is 2.65. The smallest absolute Gasteiger partial charge is 0.0366 e. The normalized spacial score (nSPS) is 11.0. The molecule has 0 bridgehead atoms. The third-order valence-corrected chi connectivity index (χ3v) is 5.18. The van der Waals surface area contributed by atoms with E-state index < -0.39 is 0 Å². The highest BCUT2D eigenvalue weighted by atomic mass is 15.1. The van der Waals surface area contributed by atoms with E-state index in [0.717, 1.165) is 0 Å². The van der Waals surface area contributed by atoms with E-state index in [2.05, 4.69) is 49.1 Å². The molecule has 0 radical (unpaired) electrons. The minimum atomic E-state index is 1.22. The Kier molecular flexibility index (Phi) is 14.5. The summed E-state index contributed by atoms with van der Waals surface area (Å²) in [5.41, 5.74) is 1.41. The van der Waals surface area contributed by atoms with Crippen LogP contribution in [-0.2, 0) is 0 Å². The quantitative estimate of drug-likeness (QED) is 0.258. The second-order valence-corrected chi connectivity index (χ2v) is 7.57. The summed E-state index contributed by atoms with van der Waals surface area (Å²) in [5, 5.41) is 0. The van der Waals surface area contributed by atoms with Crippen LogP contribution in [0.1, 0.15) is 104 Å². The van der Waals surface area contributed by atoms with Crippen molar-refractivity contribution in [2.45, 2.75) is 104 Å². The van der Waals surface area contributed by atoms with Gasteiger partial charge in [0.2, 0.25) is 0 Å². The minimum Gasteiger partial charge on any atom is -0.372 e. The first-order chi connectivity index (χ1) is 12.4. The van der Waals surface area contributed by atoms with Gasteiger partial charge in [-0.3, -0.25) is 0 Å². The monoisotopic (exact) mass is 345 g/mol. The largest absolute Gasteiger partial charge is 0.372 e. The van der Waals surface area contributed by atoms with E-state index in [1.54, 1.807) is 0 Å². The molecule has 0 saturated carbocycles. The number of anilines is 1. The van der Waals surface area contributed by atoms with E-state index in [1.807, 2.05) is 0 Å². The summed E-state index contributed by atoms with van der Waals surface area (Å²) in [5.74, 6) is 0. The van der Waals surface area contributed by atoms with Crippen molar-refractivity contribution in [3.05, 3.63) is 30.3 Å². The van der Waals surface area contributed by atoms with Crippen LogP contribution in [0.2, 0.25) is 0 Å². The van der Waals surface area contributed by atoms with Crippen molar-refractivity contribution >= 4 is 5.69 Å². The van der Waals surface area contributed by atoms with Gasteiger partial charge in [-0.05, 0) is 25.0 Å². The van der Waals surface area contributed by atoms with Gasteiger partial charge in [-0.2, -0.15) is 0 Å². The Labute approximate surface area is 158 Å². The molecule has 0 saturated heterocycles. The van der Waals surface area contributed by atoms with Crippen molar-refractivity contribution in [2.75, 3.05) is 18.0 Å². The van der Waals surface area contributed by atoms with Crippen LogP contribution in [0.4, 0.5) is 5.69 Å². The summed E-state index contributed by atoms with van der Waals surface area (Å²) >= 11 is 0. The number of hydrogen-bond acceptors (Lipinski definition) is 1. The Morgan fingerprint density at radius 2 is 0.920 bits per heavy atom. The molecule has 0 aliphatic carbocycles. The Bertz CT molecular complexity index is 373. The van der Waals surface area contributed by atoms with Crippen molar-refractivity contribution < 1.29 is 0 Å². The first-order valence-electron chi connectivity index (χ1n) is 11.2. The SMILES string of the molecule is CCCCCCCCCCCCN(CCCCCC)c1ccccc1. The Morgan fingerprint density at radius 1 is 0.520 bits per heavy atom. The van der Waals surface area contributed by atoms with E-state index in [-0.39, 0.29) is 0 Å². The molecule has 0 atom stereocenters. The summed E-state index contributed by atoms with van der Waals surface area (Å²) in [7, 11) is 0. The van der Waals surface area contributed by atoms with Crippen molar-refractivity contribution in [3.8, 4) is 0 Å². The van der Waals surface area contributed by atoms with Gasteiger partial charge < -0.3 is 4.90 Å². The number of benzene rings is 1. The Balaban J connectivity index is 2.13. The minimum absolute atomic E-state index is 1.22. The highest BCUT2D eigenvalue weighted by Crippen LogP contribution is 2.17. The topological polar surface area (TPSA) is 3.24 Å². The fourth-order valence-electron chi connectivity index (χ4n) is 3.53. The van der Waals surface area contributed by atoms with Crippen LogP contribution in [0.5, 0.6) is 0 Å². The van der Waals surface area contributed by atoms with Gasteiger partial charge in [-0.25, -0.2) is 0 Å². The second-order valence-electron chi connectivity index (χ2n) is 7.57. The maximum atomic E-state index is 2.61. The number of rotatable bonds is 17. The number of nitrogens with zero attached hydrogens (tertiary/aromatic N) is 1. The van der Waals surface area contributed by atoms with E-state index in [0.29, 0.717) is 0 Å². The van der Waals surface area contributed by atoms with Crippen LogP contribution >= 0.6 is 0 Å². The van der Waals surface area contributed by atoms with Crippen molar-refractivity contribution in [1.29, 1.82) is 0 Å². The van der Waals surface area contributed by atoms with E-state index in [4.69, 9.17) is 0 Å². The lowest BCUT2D eigenvalue weighted by atomic mass is 10.1. The molecule has 1 nitrogen and oxygen atoms in total. The molecule has 0 aliphatic rings. The average molecular weight is 346 g/mol. The van der Waals surface area contributed by atoms with Gasteiger partial charge in [-0.15, -0.1) is 0 Å². The molecular formula is C24H43N. The van der Waals surface area contributed by atoms with E-state index >= 15 is 0 Å². The maximum Gasteiger partial charge on any atom is 0.0366 e. The molecule has 0 spiro atoms. The van der Waals surface area contributed by atoms with Crippen LogP contribution in [0.25, 0.3) is 0 Å². The fraction of sp³-hybridized carbons (Fsp3) is 0.750. The summed E-state index contributed by atoms with van der Waals surface area (Å²) in [6.45, 7) is 7.04. The lowest BCUT2D eigenvalue weighted by molar-refractivity contribution is 0.551. The number of para-hydroxylation sites is 1. The third kappa shape index (κ3) is 12.1. The van der Waals surface area contributed by atoms with Crippen molar-refractivity contribution in [1.82, 2.24) is 0 Å². The molecule has 0 unspecified atom stereocenters. The molecule has 0 fully saturated rings. The first kappa shape index (κ1) is 22.1.